The number of rotatable bonds is 2. The van der Waals surface area contributed by atoms with Crippen LogP contribution in [0.2, 0.25) is 0 Å². The molecule has 4 nitrogen and oxygen atoms in total. The Hall–Kier alpha value is -4.00. The van der Waals surface area contributed by atoms with Crippen molar-refractivity contribution >= 4 is 38.6 Å². The molecule has 208 valence electrons. The number of aromatic nitrogens is 2. The maximum atomic E-state index is 13.3. The first kappa shape index (κ1) is 25.9. The topological polar surface area (TPSA) is 52.1 Å². The quantitative estimate of drug-likeness (QED) is 0.124. The van der Waals surface area contributed by atoms with E-state index in [0.717, 1.165) is 64.5 Å². The van der Waals surface area contributed by atoms with Crippen LogP contribution in [0.15, 0.2) is 66.7 Å². The first-order chi connectivity index (χ1) is 19.5. The van der Waals surface area contributed by atoms with Crippen LogP contribution in [0.25, 0.3) is 32.8 Å². The SMILES string of the molecule is C[C@H]1CC[C@H]2[C@H](C1)c1c(c3ccccc3c3nc4ccc(C(=O)c5cccc(C(F)(F)F)c5)cc4nc13)OC2(C)C. The minimum Gasteiger partial charge on any atom is -0.487 e. The largest absolute Gasteiger partial charge is 0.487 e. The molecule has 0 amide bonds. The van der Waals surface area contributed by atoms with Gasteiger partial charge >= 0.3 is 6.18 Å². The summed E-state index contributed by atoms with van der Waals surface area (Å²) in [6.45, 7) is 6.66. The summed E-state index contributed by atoms with van der Waals surface area (Å²) in [6, 6.07) is 17.6. The van der Waals surface area contributed by atoms with E-state index in [4.69, 9.17) is 14.7 Å². The van der Waals surface area contributed by atoms with Crippen LogP contribution in [0.5, 0.6) is 5.75 Å². The highest BCUT2D eigenvalue weighted by atomic mass is 19.4. The second-order valence-corrected chi connectivity index (χ2v) is 12.2. The number of ketones is 1. The molecule has 0 bridgehead atoms. The average molecular weight is 555 g/mol. The smallest absolute Gasteiger partial charge is 0.416 e. The van der Waals surface area contributed by atoms with Crippen molar-refractivity contribution in [2.45, 2.75) is 57.7 Å². The number of halogens is 3. The summed E-state index contributed by atoms with van der Waals surface area (Å²) in [5.74, 6) is 1.53. The van der Waals surface area contributed by atoms with E-state index in [9.17, 15) is 18.0 Å². The molecule has 0 saturated heterocycles. The van der Waals surface area contributed by atoms with Gasteiger partial charge < -0.3 is 4.74 Å². The van der Waals surface area contributed by atoms with Crippen molar-refractivity contribution in [3.05, 3.63) is 89.0 Å². The average Bonchev–Trinajstić information content (AvgIpc) is 2.95. The van der Waals surface area contributed by atoms with Gasteiger partial charge in [0.05, 0.1) is 27.6 Å². The van der Waals surface area contributed by atoms with Gasteiger partial charge in [-0.1, -0.05) is 49.7 Å². The Morgan fingerprint density at radius 2 is 1.61 bits per heavy atom. The number of fused-ring (bicyclic) bond motifs is 9. The molecular weight excluding hydrogens is 525 g/mol. The highest BCUT2D eigenvalue weighted by Gasteiger charge is 2.47. The molecule has 1 aliphatic carbocycles. The van der Waals surface area contributed by atoms with E-state index in [2.05, 4.69) is 26.8 Å². The third kappa shape index (κ3) is 4.16. The minimum atomic E-state index is -4.53. The van der Waals surface area contributed by atoms with Crippen molar-refractivity contribution in [2.24, 2.45) is 11.8 Å². The van der Waals surface area contributed by atoms with Crippen molar-refractivity contribution in [3.63, 3.8) is 0 Å². The Bertz CT molecular complexity index is 1880. The van der Waals surface area contributed by atoms with Crippen molar-refractivity contribution in [1.82, 2.24) is 9.97 Å². The summed E-state index contributed by atoms with van der Waals surface area (Å²) in [7, 11) is 0. The second kappa shape index (κ2) is 9.00. The first-order valence-corrected chi connectivity index (χ1v) is 14.1. The third-order valence-electron chi connectivity index (χ3n) is 9.05. The van der Waals surface area contributed by atoms with Gasteiger partial charge in [-0.05, 0) is 68.9 Å². The lowest BCUT2D eigenvalue weighted by Gasteiger charge is -2.49. The summed E-state index contributed by atoms with van der Waals surface area (Å²) in [4.78, 5) is 23.5. The van der Waals surface area contributed by atoms with Crippen LogP contribution in [-0.4, -0.2) is 21.4 Å². The van der Waals surface area contributed by atoms with E-state index >= 15 is 0 Å². The van der Waals surface area contributed by atoms with E-state index in [1.807, 2.05) is 18.2 Å². The molecule has 2 heterocycles. The lowest BCUT2D eigenvalue weighted by molar-refractivity contribution is -0.137. The summed E-state index contributed by atoms with van der Waals surface area (Å²) in [5, 5.41) is 1.97. The minimum absolute atomic E-state index is 0.0223. The molecule has 2 aliphatic rings. The van der Waals surface area contributed by atoms with Crippen molar-refractivity contribution < 1.29 is 22.7 Å². The zero-order valence-corrected chi connectivity index (χ0v) is 23.0. The van der Waals surface area contributed by atoms with E-state index < -0.39 is 17.5 Å². The zero-order valence-electron chi connectivity index (χ0n) is 23.0. The molecule has 0 spiro atoms. The highest BCUT2D eigenvalue weighted by molar-refractivity contribution is 6.13. The van der Waals surface area contributed by atoms with E-state index in [0.29, 0.717) is 22.9 Å². The Balaban J connectivity index is 1.45. The van der Waals surface area contributed by atoms with Gasteiger partial charge in [0.25, 0.3) is 0 Å². The Kier molecular flexibility index (Phi) is 5.69. The Morgan fingerprint density at radius 1 is 0.878 bits per heavy atom. The summed E-state index contributed by atoms with van der Waals surface area (Å²) >= 11 is 0. The van der Waals surface area contributed by atoms with E-state index in [1.165, 1.54) is 12.1 Å². The number of hydrogen-bond acceptors (Lipinski definition) is 4. The van der Waals surface area contributed by atoms with Gasteiger partial charge in [0.2, 0.25) is 0 Å². The first-order valence-electron chi connectivity index (χ1n) is 14.1. The number of nitrogens with zero attached hydrogens (tertiary/aromatic N) is 2. The van der Waals surface area contributed by atoms with Crippen molar-refractivity contribution in [1.29, 1.82) is 0 Å². The number of benzene rings is 4. The van der Waals surface area contributed by atoms with Gasteiger partial charge in [0, 0.05) is 33.4 Å². The van der Waals surface area contributed by atoms with Crippen molar-refractivity contribution in [2.75, 3.05) is 0 Å². The highest BCUT2D eigenvalue weighted by Crippen LogP contribution is 2.56. The van der Waals surface area contributed by atoms with Gasteiger partial charge in [-0.25, -0.2) is 9.97 Å². The fourth-order valence-corrected chi connectivity index (χ4v) is 7.04. The van der Waals surface area contributed by atoms with Gasteiger partial charge in [-0.2, -0.15) is 13.2 Å². The van der Waals surface area contributed by atoms with Crippen LogP contribution in [0.3, 0.4) is 0 Å². The molecule has 5 aromatic rings. The molecule has 1 aliphatic heterocycles. The maximum absolute atomic E-state index is 13.3. The lowest BCUT2D eigenvalue weighted by Crippen LogP contribution is -2.46. The lowest BCUT2D eigenvalue weighted by atomic mass is 9.64. The molecule has 4 aromatic carbocycles. The molecule has 1 aromatic heterocycles. The fourth-order valence-electron chi connectivity index (χ4n) is 7.04. The van der Waals surface area contributed by atoms with E-state index in [-0.39, 0.29) is 22.6 Å². The number of hydrogen-bond donors (Lipinski definition) is 0. The standard InChI is InChI=1S/C34H29F3N2O2/c1-18-11-13-25-24(15-18)28-30-29(22-9-4-5-10-23(22)32(28)41-33(25,2)3)38-26-14-12-20(17-27(26)39-30)31(40)19-7-6-8-21(16-19)34(35,36)37/h4-10,12,14,16-18,24-25H,11,13,15H2,1-3H3/t18-,24-,25-/m0/s1. The van der Waals surface area contributed by atoms with Gasteiger partial charge in [0.1, 0.15) is 11.4 Å². The number of carbonyl (C=O) groups is 1. The molecule has 41 heavy (non-hydrogen) atoms. The summed E-state index contributed by atoms with van der Waals surface area (Å²) in [5.41, 5.74) is 2.85. The Labute approximate surface area is 235 Å². The predicted octanol–water partition coefficient (Wildman–Crippen LogP) is 8.88. The molecule has 0 N–H and O–H groups in total. The fraction of sp³-hybridized carbons (Fsp3) is 0.324. The Morgan fingerprint density at radius 3 is 2.39 bits per heavy atom. The van der Waals surface area contributed by atoms with Crippen LogP contribution in [0, 0.1) is 11.8 Å². The molecule has 0 radical (unpaired) electrons. The number of ether oxygens (including phenoxy) is 1. The summed E-state index contributed by atoms with van der Waals surface area (Å²) in [6.07, 6.45) is -1.27. The van der Waals surface area contributed by atoms with Gasteiger partial charge in [-0.15, -0.1) is 0 Å². The maximum Gasteiger partial charge on any atom is 0.416 e. The molecule has 1 fully saturated rings. The normalized spacial score (nSPS) is 21.9. The van der Waals surface area contributed by atoms with E-state index in [1.54, 1.807) is 18.2 Å². The van der Waals surface area contributed by atoms with Crippen LogP contribution in [-0.2, 0) is 6.18 Å². The zero-order chi connectivity index (χ0) is 28.7. The second-order valence-electron chi connectivity index (χ2n) is 12.2. The van der Waals surface area contributed by atoms with Crippen LogP contribution in [0.4, 0.5) is 13.2 Å². The monoisotopic (exact) mass is 554 g/mol. The van der Waals surface area contributed by atoms with Crippen LogP contribution >= 0.6 is 0 Å². The molecular formula is C34H29F3N2O2. The van der Waals surface area contributed by atoms with Gasteiger partial charge in [-0.3, -0.25) is 4.79 Å². The number of alkyl halides is 3. The van der Waals surface area contributed by atoms with Crippen LogP contribution in [0.1, 0.15) is 73.0 Å². The summed E-state index contributed by atoms with van der Waals surface area (Å²) < 4.78 is 46.7. The molecule has 1 saturated carbocycles. The molecule has 0 unspecified atom stereocenters. The van der Waals surface area contributed by atoms with Gasteiger partial charge in [0.15, 0.2) is 5.78 Å². The molecule has 3 atom stereocenters. The third-order valence-corrected chi connectivity index (χ3v) is 9.05. The number of carbonyl (C=O) groups excluding carboxylic acids is 1. The van der Waals surface area contributed by atoms with Crippen molar-refractivity contribution in [3.8, 4) is 5.75 Å². The molecule has 7 heteroatoms. The predicted molar refractivity (Wildman–Crippen MR) is 153 cm³/mol. The molecule has 7 rings (SSSR count). The van der Waals surface area contributed by atoms with Crippen LogP contribution < -0.4 is 4.74 Å².